The van der Waals surface area contributed by atoms with Gasteiger partial charge in [0.1, 0.15) is 6.10 Å². The minimum absolute atomic E-state index is 0.0246. The highest BCUT2D eigenvalue weighted by atomic mass is 16.6. The van der Waals surface area contributed by atoms with E-state index in [1.54, 1.807) is 13.0 Å². The Bertz CT molecular complexity index is 437. The number of rotatable bonds is 6. The molecular weight excluding hydrogens is 244 g/mol. The summed E-state index contributed by atoms with van der Waals surface area (Å²) in [6.45, 7) is 3.36. The molecule has 0 aromatic heterocycles. The molecule has 1 atom stereocenters. The van der Waals surface area contributed by atoms with E-state index in [0.29, 0.717) is 6.61 Å². The molecule has 0 spiro atoms. The summed E-state index contributed by atoms with van der Waals surface area (Å²) in [6.07, 6.45) is 2.92. The molecule has 0 aliphatic carbocycles. The van der Waals surface area contributed by atoms with Crippen LogP contribution in [0, 0.1) is 0 Å². The normalized spacial score (nSPS) is 12.1. The lowest BCUT2D eigenvalue weighted by molar-refractivity contribution is -0.150. The average molecular weight is 262 g/mol. The van der Waals surface area contributed by atoms with Crippen molar-refractivity contribution in [1.29, 1.82) is 0 Å². The first-order valence-electron chi connectivity index (χ1n) is 6.18. The summed E-state index contributed by atoms with van der Waals surface area (Å²) in [4.78, 5) is 22.4. The van der Waals surface area contributed by atoms with Crippen LogP contribution in [-0.2, 0) is 19.1 Å². The van der Waals surface area contributed by atoms with E-state index in [1.807, 2.05) is 36.4 Å². The van der Waals surface area contributed by atoms with Gasteiger partial charge in [-0.15, -0.1) is 0 Å². The van der Waals surface area contributed by atoms with E-state index >= 15 is 0 Å². The maximum absolute atomic E-state index is 11.4. The van der Waals surface area contributed by atoms with Crippen LogP contribution >= 0.6 is 0 Å². The van der Waals surface area contributed by atoms with E-state index < -0.39 is 12.1 Å². The predicted molar refractivity (Wildman–Crippen MR) is 72.3 cm³/mol. The molecule has 0 heterocycles. The molecule has 0 bridgehead atoms. The quantitative estimate of drug-likeness (QED) is 0.739. The smallest absolute Gasteiger partial charge is 0.309 e. The zero-order chi connectivity index (χ0) is 14.1. The van der Waals surface area contributed by atoms with Crippen molar-refractivity contribution in [3.63, 3.8) is 0 Å². The standard InChI is InChI=1S/C15H18O4/c1-3-18-15(17)11-14(19-12(2)16)10-9-13-7-5-4-6-8-13/h4-10,14H,3,11H2,1-2H3. The van der Waals surface area contributed by atoms with Gasteiger partial charge in [0.25, 0.3) is 0 Å². The second-order valence-electron chi connectivity index (χ2n) is 3.93. The van der Waals surface area contributed by atoms with Gasteiger partial charge < -0.3 is 9.47 Å². The molecule has 0 aliphatic rings. The van der Waals surface area contributed by atoms with Gasteiger partial charge in [0.05, 0.1) is 13.0 Å². The predicted octanol–water partition coefficient (Wildman–Crippen LogP) is 2.58. The van der Waals surface area contributed by atoms with Gasteiger partial charge >= 0.3 is 11.9 Å². The maximum atomic E-state index is 11.4. The molecule has 1 aromatic rings. The Morgan fingerprint density at radius 3 is 2.53 bits per heavy atom. The number of benzene rings is 1. The number of ether oxygens (including phenoxy) is 2. The van der Waals surface area contributed by atoms with Gasteiger partial charge in [-0.05, 0) is 18.6 Å². The molecule has 0 amide bonds. The van der Waals surface area contributed by atoms with E-state index in [9.17, 15) is 9.59 Å². The molecule has 0 saturated heterocycles. The largest absolute Gasteiger partial charge is 0.466 e. The second kappa shape index (κ2) is 8.08. The van der Waals surface area contributed by atoms with E-state index in [-0.39, 0.29) is 12.4 Å². The Hall–Kier alpha value is -2.10. The molecule has 102 valence electrons. The first kappa shape index (κ1) is 15.0. The van der Waals surface area contributed by atoms with Gasteiger partial charge in [-0.25, -0.2) is 0 Å². The monoisotopic (exact) mass is 262 g/mol. The Kier molecular flexibility index (Phi) is 6.36. The van der Waals surface area contributed by atoms with Crippen molar-refractivity contribution in [2.24, 2.45) is 0 Å². The van der Waals surface area contributed by atoms with Crippen LogP contribution in [0.4, 0.5) is 0 Å². The van der Waals surface area contributed by atoms with Gasteiger partial charge in [-0.2, -0.15) is 0 Å². The highest BCUT2D eigenvalue weighted by molar-refractivity contribution is 5.72. The highest BCUT2D eigenvalue weighted by Crippen LogP contribution is 2.08. The summed E-state index contributed by atoms with van der Waals surface area (Å²) in [5.41, 5.74) is 0.975. The maximum Gasteiger partial charge on any atom is 0.309 e. The Morgan fingerprint density at radius 2 is 1.95 bits per heavy atom. The third-order valence-corrected chi connectivity index (χ3v) is 2.29. The van der Waals surface area contributed by atoms with Crippen molar-refractivity contribution >= 4 is 18.0 Å². The van der Waals surface area contributed by atoms with Crippen molar-refractivity contribution < 1.29 is 19.1 Å². The van der Waals surface area contributed by atoms with Crippen LogP contribution in [0.5, 0.6) is 0 Å². The summed E-state index contributed by atoms with van der Waals surface area (Å²) < 4.78 is 9.90. The number of carbonyl (C=O) groups excluding carboxylic acids is 2. The van der Waals surface area contributed by atoms with Crippen LogP contribution in [0.2, 0.25) is 0 Å². The van der Waals surface area contributed by atoms with Crippen LogP contribution in [-0.4, -0.2) is 24.6 Å². The average Bonchev–Trinajstić information content (AvgIpc) is 2.37. The molecule has 0 aliphatic heterocycles. The number of esters is 2. The number of hydrogen-bond acceptors (Lipinski definition) is 4. The molecule has 1 rings (SSSR count). The van der Waals surface area contributed by atoms with Crippen LogP contribution in [0.15, 0.2) is 36.4 Å². The molecule has 4 heteroatoms. The van der Waals surface area contributed by atoms with Crippen molar-refractivity contribution in [3.05, 3.63) is 42.0 Å². The summed E-state index contributed by atoms with van der Waals surface area (Å²) in [5, 5.41) is 0. The van der Waals surface area contributed by atoms with E-state index in [0.717, 1.165) is 5.56 Å². The SMILES string of the molecule is CCOC(=O)CC(C=Cc1ccccc1)OC(C)=O. The number of hydrogen-bond donors (Lipinski definition) is 0. The van der Waals surface area contributed by atoms with Crippen LogP contribution in [0.1, 0.15) is 25.8 Å². The molecule has 1 aromatic carbocycles. The first-order chi connectivity index (χ1) is 9.11. The minimum Gasteiger partial charge on any atom is -0.466 e. The summed E-state index contributed by atoms with van der Waals surface area (Å²) in [7, 11) is 0. The lowest BCUT2D eigenvalue weighted by Gasteiger charge is -2.12. The minimum atomic E-state index is -0.600. The van der Waals surface area contributed by atoms with E-state index in [2.05, 4.69) is 0 Å². The van der Waals surface area contributed by atoms with Crippen molar-refractivity contribution in [2.45, 2.75) is 26.4 Å². The van der Waals surface area contributed by atoms with Crippen molar-refractivity contribution in [3.8, 4) is 0 Å². The Labute approximate surface area is 113 Å². The highest BCUT2D eigenvalue weighted by Gasteiger charge is 2.14. The van der Waals surface area contributed by atoms with Gasteiger partial charge in [0.15, 0.2) is 0 Å². The lowest BCUT2D eigenvalue weighted by Crippen LogP contribution is -2.19. The molecule has 0 saturated carbocycles. The van der Waals surface area contributed by atoms with Crippen LogP contribution in [0.3, 0.4) is 0 Å². The van der Waals surface area contributed by atoms with Gasteiger partial charge in [-0.1, -0.05) is 36.4 Å². The summed E-state index contributed by atoms with van der Waals surface area (Å²) in [5.74, 6) is -0.807. The molecule has 4 nitrogen and oxygen atoms in total. The van der Waals surface area contributed by atoms with Crippen molar-refractivity contribution in [2.75, 3.05) is 6.61 Å². The molecule has 0 radical (unpaired) electrons. The Morgan fingerprint density at radius 1 is 1.26 bits per heavy atom. The van der Waals surface area contributed by atoms with Crippen molar-refractivity contribution in [1.82, 2.24) is 0 Å². The third-order valence-electron chi connectivity index (χ3n) is 2.29. The van der Waals surface area contributed by atoms with E-state index in [4.69, 9.17) is 9.47 Å². The zero-order valence-electron chi connectivity index (χ0n) is 11.2. The zero-order valence-corrected chi connectivity index (χ0v) is 11.2. The molecule has 1 unspecified atom stereocenters. The fourth-order valence-corrected chi connectivity index (χ4v) is 1.53. The van der Waals surface area contributed by atoms with Gasteiger partial charge in [0, 0.05) is 6.92 Å². The second-order valence-corrected chi connectivity index (χ2v) is 3.93. The summed E-state index contributed by atoms with van der Waals surface area (Å²) in [6, 6.07) is 9.58. The topological polar surface area (TPSA) is 52.6 Å². The van der Waals surface area contributed by atoms with Crippen LogP contribution in [0.25, 0.3) is 6.08 Å². The molecule has 0 fully saturated rings. The Balaban J connectivity index is 2.66. The fourth-order valence-electron chi connectivity index (χ4n) is 1.53. The summed E-state index contributed by atoms with van der Waals surface area (Å²) >= 11 is 0. The van der Waals surface area contributed by atoms with E-state index in [1.165, 1.54) is 6.92 Å². The van der Waals surface area contributed by atoms with Gasteiger partial charge in [-0.3, -0.25) is 9.59 Å². The first-order valence-corrected chi connectivity index (χ1v) is 6.18. The van der Waals surface area contributed by atoms with Crippen LogP contribution < -0.4 is 0 Å². The molecule has 19 heavy (non-hydrogen) atoms. The molecule has 0 N–H and O–H groups in total. The lowest BCUT2D eigenvalue weighted by atomic mass is 10.1. The fraction of sp³-hybridized carbons (Fsp3) is 0.333. The van der Waals surface area contributed by atoms with Gasteiger partial charge in [0.2, 0.25) is 0 Å². The molecular formula is C15H18O4. The third kappa shape index (κ3) is 6.41. The number of carbonyl (C=O) groups is 2.